The van der Waals surface area contributed by atoms with Crippen molar-refractivity contribution in [1.29, 1.82) is 0 Å². The van der Waals surface area contributed by atoms with Gasteiger partial charge in [0.2, 0.25) is 0 Å². The van der Waals surface area contributed by atoms with E-state index in [0.717, 1.165) is 28.6 Å². The lowest BCUT2D eigenvalue weighted by atomic mass is 9.89. The Kier molecular flexibility index (Phi) is 2.75. The third-order valence-corrected chi connectivity index (χ3v) is 5.21. The molecule has 0 aliphatic heterocycles. The number of rotatable bonds is 2. The molecule has 1 atom stereocenters. The van der Waals surface area contributed by atoms with Gasteiger partial charge in [0, 0.05) is 12.0 Å². The van der Waals surface area contributed by atoms with Crippen LogP contribution in [0.4, 0.5) is 0 Å². The Labute approximate surface area is 120 Å². The largest absolute Gasteiger partial charge is 0.377 e. The predicted octanol–water partition coefficient (Wildman–Crippen LogP) is 2.61. The lowest BCUT2D eigenvalue weighted by Crippen LogP contribution is -2.08. The van der Waals surface area contributed by atoms with Gasteiger partial charge in [-0.15, -0.1) is 21.5 Å². The molecule has 0 N–H and O–H groups in total. The summed E-state index contributed by atoms with van der Waals surface area (Å²) < 4.78 is 7.12. The van der Waals surface area contributed by atoms with Crippen LogP contribution in [0.5, 0.6) is 0 Å². The Balaban J connectivity index is 1.99. The van der Waals surface area contributed by atoms with Crippen molar-refractivity contribution in [3.8, 4) is 0 Å². The zero-order valence-corrected chi connectivity index (χ0v) is 12.4. The Morgan fingerprint density at radius 3 is 3.20 bits per heavy atom. The fraction of sp³-hybridized carbons (Fsp3) is 0.500. The second kappa shape index (κ2) is 4.49. The molecule has 0 bridgehead atoms. The Bertz CT molecular complexity index is 791. The SMILES string of the molecule is COCc1nnc2c3c4c(sc3ncn12)CC(C)CC4. The number of nitrogens with zero attached hydrogens (tertiary/aromatic N) is 4. The van der Waals surface area contributed by atoms with Gasteiger partial charge >= 0.3 is 0 Å². The van der Waals surface area contributed by atoms with E-state index in [4.69, 9.17) is 4.74 Å². The monoisotopic (exact) mass is 288 g/mol. The number of ether oxygens (including phenoxy) is 1. The van der Waals surface area contributed by atoms with Gasteiger partial charge in [-0.05, 0) is 30.7 Å². The van der Waals surface area contributed by atoms with Crippen molar-refractivity contribution in [3.05, 3.63) is 22.6 Å². The molecule has 5 nitrogen and oxygen atoms in total. The molecular formula is C14H16N4OS. The van der Waals surface area contributed by atoms with Crippen LogP contribution in [0.1, 0.15) is 29.6 Å². The fourth-order valence-corrected chi connectivity index (χ4v) is 4.36. The van der Waals surface area contributed by atoms with Crippen molar-refractivity contribution in [2.24, 2.45) is 5.92 Å². The van der Waals surface area contributed by atoms with Crippen molar-refractivity contribution in [3.63, 3.8) is 0 Å². The van der Waals surface area contributed by atoms with Crippen LogP contribution in [-0.4, -0.2) is 26.7 Å². The summed E-state index contributed by atoms with van der Waals surface area (Å²) in [5, 5.41) is 9.80. The molecule has 3 aromatic heterocycles. The fourth-order valence-electron chi connectivity index (χ4n) is 3.01. The predicted molar refractivity (Wildman–Crippen MR) is 78.1 cm³/mol. The normalized spacial score (nSPS) is 18.8. The lowest BCUT2D eigenvalue weighted by molar-refractivity contribution is 0.177. The molecule has 1 unspecified atom stereocenters. The van der Waals surface area contributed by atoms with Crippen LogP contribution in [0.3, 0.4) is 0 Å². The first-order valence-corrected chi connectivity index (χ1v) is 7.71. The summed E-state index contributed by atoms with van der Waals surface area (Å²) in [4.78, 5) is 7.17. The number of hydrogen-bond donors (Lipinski definition) is 0. The molecule has 4 rings (SSSR count). The molecular weight excluding hydrogens is 272 g/mol. The molecule has 104 valence electrons. The van der Waals surface area contributed by atoms with E-state index >= 15 is 0 Å². The molecule has 0 saturated carbocycles. The highest BCUT2D eigenvalue weighted by molar-refractivity contribution is 7.19. The quantitative estimate of drug-likeness (QED) is 0.727. The highest BCUT2D eigenvalue weighted by atomic mass is 32.1. The maximum atomic E-state index is 5.17. The first-order valence-electron chi connectivity index (χ1n) is 6.89. The van der Waals surface area contributed by atoms with Crippen molar-refractivity contribution in [2.45, 2.75) is 32.8 Å². The van der Waals surface area contributed by atoms with Crippen molar-refractivity contribution < 1.29 is 4.74 Å². The minimum Gasteiger partial charge on any atom is -0.377 e. The highest BCUT2D eigenvalue weighted by Crippen LogP contribution is 2.38. The highest BCUT2D eigenvalue weighted by Gasteiger charge is 2.23. The number of hydrogen-bond acceptors (Lipinski definition) is 5. The molecule has 0 fully saturated rings. The van der Waals surface area contributed by atoms with Crippen LogP contribution in [0.25, 0.3) is 15.9 Å². The summed E-state index contributed by atoms with van der Waals surface area (Å²) >= 11 is 1.82. The van der Waals surface area contributed by atoms with Gasteiger partial charge in [0.15, 0.2) is 11.5 Å². The van der Waals surface area contributed by atoms with Gasteiger partial charge in [-0.3, -0.25) is 4.40 Å². The maximum absolute atomic E-state index is 5.17. The maximum Gasteiger partial charge on any atom is 0.172 e. The van der Waals surface area contributed by atoms with E-state index in [1.165, 1.54) is 28.7 Å². The van der Waals surface area contributed by atoms with E-state index in [9.17, 15) is 0 Å². The molecule has 0 amide bonds. The molecule has 6 heteroatoms. The van der Waals surface area contributed by atoms with Crippen LogP contribution < -0.4 is 0 Å². The van der Waals surface area contributed by atoms with Gasteiger partial charge in [-0.25, -0.2) is 4.98 Å². The zero-order valence-electron chi connectivity index (χ0n) is 11.6. The van der Waals surface area contributed by atoms with Gasteiger partial charge in [-0.2, -0.15) is 0 Å². The van der Waals surface area contributed by atoms with E-state index in [-0.39, 0.29) is 0 Å². The summed E-state index contributed by atoms with van der Waals surface area (Å²) in [6.07, 6.45) is 5.36. The first-order chi connectivity index (χ1) is 9.78. The zero-order chi connectivity index (χ0) is 13.7. The second-order valence-corrected chi connectivity index (χ2v) is 6.60. The van der Waals surface area contributed by atoms with Gasteiger partial charge in [0.05, 0.1) is 5.39 Å². The Morgan fingerprint density at radius 1 is 1.45 bits per heavy atom. The Hall–Kier alpha value is -1.53. The third kappa shape index (κ3) is 1.68. The van der Waals surface area contributed by atoms with Gasteiger partial charge in [-0.1, -0.05) is 6.92 Å². The minimum atomic E-state index is 0.456. The number of aryl methyl sites for hydroxylation is 1. The third-order valence-electron chi connectivity index (χ3n) is 4.05. The Morgan fingerprint density at radius 2 is 2.35 bits per heavy atom. The average Bonchev–Trinajstić information content (AvgIpc) is 2.99. The summed E-state index contributed by atoms with van der Waals surface area (Å²) in [7, 11) is 1.67. The van der Waals surface area contributed by atoms with Crippen LogP contribution in [0.15, 0.2) is 6.33 Å². The van der Waals surface area contributed by atoms with Crippen LogP contribution in [-0.2, 0) is 24.2 Å². The number of aromatic nitrogens is 4. The van der Waals surface area contributed by atoms with E-state index in [1.807, 2.05) is 22.1 Å². The van der Waals surface area contributed by atoms with Gasteiger partial charge in [0.1, 0.15) is 17.8 Å². The molecule has 0 spiro atoms. The molecule has 3 aromatic rings. The smallest absolute Gasteiger partial charge is 0.172 e. The molecule has 1 aliphatic carbocycles. The van der Waals surface area contributed by atoms with E-state index in [2.05, 4.69) is 22.1 Å². The summed E-state index contributed by atoms with van der Waals surface area (Å²) in [6, 6.07) is 0. The number of methoxy groups -OCH3 is 1. The van der Waals surface area contributed by atoms with E-state index in [0.29, 0.717) is 6.61 Å². The average molecular weight is 288 g/mol. The number of fused-ring (bicyclic) bond motifs is 5. The summed E-state index contributed by atoms with van der Waals surface area (Å²) in [5.74, 6) is 1.58. The molecule has 0 radical (unpaired) electrons. The standard InChI is InChI=1S/C14H16N4OS/c1-8-3-4-9-10(5-8)20-14-12(9)13-17-16-11(6-19-2)18(13)7-15-14/h7-8H,3-6H2,1-2H3. The van der Waals surface area contributed by atoms with E-state index < -0.39 is 0 Å². The van der Waals surface area contributed by atoms with Gasteiger partial charge in [0.25, 0.3) is 0 Å². The topological polar surface area (TPSA) is 52.3 Å². The van der Waals surface area contributed by atoms with Gasteiger partial charge < -0.3 is 4.74 Å². The minimum absolute atomic E-state index is 0.456. The lowest BCUT2D eigenvalue weighted by Gasteiger charge is -2.17. The molecule has 0 aromatic carbocycles. The molecule has 0 saturated heterocycles. The van der Waals surface area contributed by atoms with Crippen LogP contribution in [0.2, 0.25) is 0 Å². The van der Waals surface area contributed by atoms with Crippen LogP contribution >= 0.6 is 11.3 Å². The van der Waals surface area contributed by atoms with Crippen molar-refractivity contribution >= 4 is 27.2 Å². The van der Waals surface area contributed by atoms with Crippen LogP contribution in [0, 0.1) is 5.92 Å². The van der Waals surface area contributed by atoms with Crippen molar-refractivity contribution in [2.75, 3.05) is 7.11 Å². The van der Waals surface area contributed by atoms with Crippen molar-refractivity contribution in [1.82, 2.24) is 19.6 Å². The second-order valence-electron chi connectivity index (χ2n) is 5.52. The summed E-state index contributed by atoms with van der Waals surface area (Å²) in [6.45, 7) is 2.78. The molecule has 1 aliphatic rings. The molecule has 20 heavy (non-hydrogen) atoms. The first kappa shape index (κ1) is 12.2. The summed E-state index contributed by atoms with van der Waals surface area (Å²) in [5.41, 5.74) is 2.37. The number of thiophene rings is 1. The van der Waals surface area contributed by atoms with E-state index in [1.54, 1.807) is 7.11 Å². The molecule has 3 heterocycles.